The lowest BCUT2D eigenvalue weighted by Gasteiger charge is -2.15. The Labute approximate surface area is 131 Å². The largest absolute Gasteiger partial charge is 0.481 e. The first kappa shape index (κ1) is 15.1. The molecule has 0 saturated carbocycles. The molecule has 0 aliphatic carbocycles. The van der Waals surface area contributed by atoms with Gasteiger partial charge < -0.3 is 10.1 Å². The van der Waals surface area contributed by atoms with E-state index >= 15 is 0 Å². The van der Waals surface area contributed by atoms with Gasteiger partial charge in [-0.05, 0) is 49.4 Å². The minimum Gasteiger partial charge on any atom is -0.481 e. The Bertz CT molecular complexity index is 677. The molecule has 1 amide bonds. The van der Waals surface area contributed by atoms with Crippen LogP contribution in [0.2, 0.25) is 0 Å². The van der Waals surface area contributed by atoms with Crippen LogP contribution in [0.1, 0.15) is 12.5 Å². The van der Waals surface area contributed by atoms with Gasteiger partial charge in [0.05, 0.1) is 11.6 Å². The van der Waals surface area contributed by atoms with Crippen LogP contribution in [-0.4, -0.2) is 12.0 Å². The Morgan fingerprint density at radius 3 is 2.67 bits per heavy atom. The van der Waals surface area contributed by atoms with Gasteiger partial charge in [0, 0.05) is 10.2 Å². The molecular formula is C16H13BrN2O2. The van der Waals surface area contributed by atoms with Crippen molar-refractivity contribution < 1.29 is 9.53 Å². The van der Waals surface area contributed by atoms with Crippen LogP contribution in [0.3, 0.4) is 0 Å². The minimum atomic E-state index is -0.664. The van der Waals surface area contributed by atoms with Crippen LogP contribution in [0.4, 0.5) is 5.69 Å². The lowest BCUT2D eigenvalue weighted by atomic mass is 10.2. The summed E-state index contributed by atoms with van der Waals surface area (Å²) >= 11 is 3.33. The van der Waals surface area contributed by atoms with Crippen molar-refractivity contribution in [2.75, 3.05) is 5.32 Å². The summed E-state index contributed by atoms with van der Waals surface area (Å²) in [5.41, 5.74) is 1.19. The summed E-state index contributed by atoms with van der Waals surface area (Å²) in [5, 5.41) is 11.6. The van der Waals surface area contributed by atoms with Crippen LogP contribution in [-0.2, 0) is 4.79 Å². The zero-order chi connectivity index (χ0) is 15.2. The maximum atomic E-state index is 12.0. The molecule has 0 aromatic heterocycles. The Kier molecular flexibility index (Phi) is 4.96. The van der Waals surface area contributed by atoms with E-state index in [0.717, 1.165) is 4.47 Å². The fourth-order valence-electron chi connectivity index (χ4n) is 1.67. The van der Waals surface area contributed by atoms with E-state index in [-0.39, 0.29) is 5.91 Å². The van der Waals surface area contributed by atoms with Crippen molar-refractivity contribution in [3.05, 3.63) is 58.6 Å². The number of nitrogens with one attached hydrogen (secondary N) is 1. The van der Waals surface area contributed by atoms with Crippen molar-refractivity contribution in [1.82, 2.24) is 0 Å². The van der Waals surface area contributed by atoms with E-state index in [4.69, 9.17) is 10.00 Å². The number of nitrogens with zero attached hydrogens (tertiary/aromatic N) is 1. The van der Waals surface area contributed by atoms with Crippen LogP contribution >= 0.6 is 15.9 Å². The monoisotopic (exact) mass is 344 g/mol. The molecule has 0 bridgehead atoms. The number of ether oxygens (including phenoxy) is 1. The van der Waals surface area contributed by atoms with Gasteiger partial charge in [-0.15, -0.1) is 0 Å². The van der Waals surface area contributed by atoms with Crippen LogP contribution in [0.15, 0.2) is 53.0 Å². The second-order valence-corrected chi connectivity index (χ2v) is 5.31. The SMILES string of the molecule is C[C@H](Oc1cccc(C#N)c1)C(=O)Nc1ccc(Br)cc1. The molecule has 1 atom stereocenters. The zero-order valence-electron chi connectivity index (χ0n) is 11.3. The summed E-state index contributed by atoms with van der Waals surface area (Å²) in [6.07, 6.45) is -0.664. The molecule has 106 valence electrons. The van der Waals surface area contributed by atoms with Crippen molar-refractivity contribution in [1.29, 1.82) is 5.26 Å². The lowest BCUT2D eigenvalue weighted by Crippen LogP contribution is -2.30. The number of amides is 1. The van der Waals surface area contributed by atoms with Gasteiger partial charge >= 0.3 is 0 Å². The Morgan fingerprint density at radius 1 is 1.29 bits per heavy atom. The smallest absolute Gasteiger partial charge is 0.265 e. The predicted molar refractivity (Wildman–Crippen MR) is 84.0 cm³/mol. The predicted octanol–water partition coefficient (Wildman–Crippen LogP) is 3.73. The molecule has 0 spiro atoms. The Balaban J connectivity index is 1.99. The molecule has 0 aliphatic rings. The molecule has 2 aromatic rings. The molecule has 0 aliphatic heterocycles. The van der Waals surface area contributed by atoms with E-state index in [9.17, 15) is 4.79 Å². The standard InChI is InChI=1S/C16H13BrN2O2/c1-11(21-15-4-2-3-12(9-15)10-18)16(20)19-14-7-5-13(17)6-8-14/h2-9,11H,1H3,(H,19,20)/t11-/m0/s1. The van der Waals surface area contributed by atoms with E-state index in [2.05, 4.69) is 21.2 Å². The van der Waals surface area contributed by atoms with Gasteiger partial charge in [0.15, 0.2) is 6.10 Å². The highest BCUT2D eigenvalue weighted by molar-refractivity contribution is 9.10. The normalized spacial score (nSPS) is 11.3. The maximum Gasteiger partial charge on any atom is 0.265 e. The summed E-state index contributed by atoms with van der Waals surface area (Å²) in [5.74, 6) is 0.243. The second-order valence-electron chi connectivity index (χ2n) is 4.40. The molecule has 0 saturated heterocycles. The summed E-state index contributed by atoms with van der Waals surface area (Å²) in [6.45, 7) is 1.66. The van der Waals surface area contributed by atoms with Crippen molar-refractivity contribution >= 4 is 27.5 Å². The molecule has 2 rings (SSSR count). The van der Waals surface area contributed by atoms with Gasteiger partial charge in [-0.2, -0.15) is 5.26 Å². The molecule has 0 fully saturated rings. The number of hydrogen-bond donors (Lipinski definition) is 1. The van der Waals surface area contributed by atoms with Crippen molar-refractivity contribution in [2.24, 2.45) is 0 Å². The van der Waals surface area contributed by atoms with Crippen molar-refractivity contribution in [3.8, 4) is 11.8 Å². The summed E-state index contributed by atoms with van der Waals surface area (Å²) in [6, 6.07) is 16.0. The quantitative estimate of drug-likeness (QED) is 0.919. The van der Waals surface area contributed by atoms with Crippen LogP contribution in [0, 0.1) is 11.3 Å². The fraction of sp³-hybridized carbons (Fsp3) is 0.125. The van der Waals surface area contributed by atoms with E-state index in [1.807, 2.05) is 18.2 Å². The van der Waals surface area contributed by atoms with Gasteiger partial charge in [-0.1, -0.05) is 22.0 Å². The number of carbonyl (C=O) groups is 1. The molecule has 2 aromatic carbocycles. The summed E-state index contributed by atoms with van der Waals surface area (Å²) in [7, 11) is 0. The van der Waals surface area contributed by atoms with Gasteiger partial charge in [0.2, 0.25) is 0 Å². The number of nitriles is 1. The first-order valence-corrected chi connectivity index (χ1v) is 7.11. The van der Waals surface area contributed by atoms with Gasteiger partial charge in [0.25, 0.3) is 5.91 Å². The highest BCUT2D eigenvalue weighted by atomic mass is 79.9. The van der Waals surface area contributed by atoms with Crippen LogP contribution in [0.5, 0.6) is 5.75 Å². The Hall–Kier alpha value is -2.32. The fourth-order valence-corrected chi connectivity index (χ4v) is 1.94. The third kappa shape index (κ3) is 4.33. The van der Waals surface area contributed by atoms with Gasteiger partial charge in [0.1, 0.15) is 5.75 Å². The number of benzene rings is 2. The van der Waals surface area contributed by atoms with E-state index in [1.54, 1.807) is 43.3 Å². The van der Waals surface area contributed by atoms with Crippen molar-refractivity contribution in [2.45, 2.75) is 13.0 Å². The third-order valence-electron chi connectivity index (χ3n) is 2.76. The molecular weight excluding hydrogens is 332 g/mol. The molecule has 1 N–H and O–H groups in total. The lowest BCUT2D eigenvalue weighted by molar-refractivity contribution is -0.122. The molecule has 0 unspecified atom stereocenters. The maximum absolute atomic E-state index is 12.0. The number of halogens is 1. The molecule has 5 heteroatoms. The van der Waals surface area contributed by atoms with Crippen LogP contribution < -0.4 is 10.1 Å². The second kappa shape index (κ2) is 6.91. The van der Waals surface area contributed by atoms with Crippen molar-refractivity contribution in [3.63, 3.8) is 0 Å². The first-order valence-electron chi connectivity index (χ1n) is 6.32. The number of hydrogen-bond acceptors (Lipinski definition) is 3. The van der Waals surface area contributed by atoms with Crippen LogP contribution in [0.25, 0.3) is 0 Å². The summed E-state index contributed by atoms with van der Waals surface area (Å²) < 4.78 is 6.48. The zero-order valence-corrected chi connectivity index (χ0v) is 12.9. The average molecular weight is 345 g/mol. The van der Waals surface area contributed by atoms with E-state index in [1.165, 1.54) is 0 Å². The molecule has 0 radical (unpaired) electrons. The number of anilines is 1. The van der Waals surface area contributed by atoms with E-state index < -0.39 is 6.10 Å². The average Bonchev–Trinajstić information content (AvgIpc) is 2.49. The van der Waals surface area contributed by atoms with Gasteiger partial charge in [-0.25, -0.2) is 0 Å². The first-order chi connectivity index (χ1) is 10.1. The third-order valence-corrected chi connectivity index (χ3v) is 3.29. The molecule has 4 nitrogen and oxygen atoms in total. The molecule has 0 heterocycles. The summed E-state index contributed by atoms with van der Waals surface area (Å²) in [4.78, 5) is 12.0. The number of rotatable bonds is 4. The minimum absolute atomic E-state index is 0.250. The van der Waals surface area contributed by atoms with E-state index in [0.29, 0.717) is 17.0 Å². The Morgan fingerprint density at radius 2 is 2.00 bits per heavy atom. The number of carbonyl (C=O) groups excluding carboxylic acids is 1. The topological polar surface area (TPSA) is 62.1 Å². The highest BCUT2D eigenvalue weighted by Gasteiger charge is 2.15. The molecule has 21 heavy (non-hydrogen) atoms. The highest BCUT2D eigenvalue weighted by Crippen LogP contribution is 2.17. The van der Waals surface area contributed by atoms with Gasteiger partial charge in [-0.3, -0.25) is 4.79 Å².